The quantitative estimate of drug-likeness (QED) is 0.643. The molecule has 0 aromatic heterocycles. The van der Waals surface area contributed by atoms with E-state index in [2.05, 4.69) is 20.8 Å². The van der Waals surface area contributed by atoms with Gasteiger partial charge in [-0.25, -0.2) is 4.79 Å². The van der Waals surface area contributed by atoms with E-state index in [0.29, 0.717) is 17.9 Å². The van der Waals surface area contributed by atoms with Crippen LogP contribution in [0.15, 0.2) is 16.6 Å². The zero-order valence-electron chi connectivity index (χ0n) is 11.6. The third-order valence-electron chi connectivity index (χ3n) is 3.42. The van der Waals surface area contributed by atoms with Gasteiger partial charge in [-0.3, -0.25) is 4.90 Å². The van der Waals surface area contributed by atoms with Crippen molar-refractivity contribution >= 4 is 27.6 Å². The van der Waals surface area contributed by atoms with E-state index in [1.807, 2.05) is 6.07 Å². The van der Waals surface area contributed by atoms with Crippen LogP contribution in [-0.2, 0) is 11.3 Å². The number of hydrogen-bond acceptors (Lipinski definition) is 5. The number of nitrogens with zero attached hydrogens (tertiary/aromatic N) is 1. The standard InChI is InChI=1S/C14H20BrN3O2/c1-2-20-14(19)11-6-12(15)9(5-13(11)17)7-18-4-3-10(16)8-18/h5-6,10H,2-4,7-8,16-17H2,1H3/t10-/m1/s1. The van der Waals surface area contributed by atoms with Gasteiger partial charge >= 0.3 is 5.97 Å². The van der Waals surface area contributed by atoms with E-state index in [4.69, 9.17) is 16.2 Å². The summed E-state index contributed by atoms with van der Waals surface area (Å²) in [5.74, 6) is -0.388. The summed E-state index contributed by atoms with van der Waals surface area (Å²) >= 11 is 3.50. The summed E-state index contributed by atoms with van der Waals surface area (Å²) in [5.41, 5.74) is 13.8. The Hall–Kier alpha value is -1.11. The molecule has 1 aliphatic heterocycles. The first-order valence-corrected chi connectivity index (χ1v) is 7.53. The number of likely N-dealkylation sites (tertiary alicyclic amines) is 1. The Morgan fingerprint density at radius 1 is 1.55 bits per heavy atom. The third kappa shape index (κ3) is 3.50. The molecule has 4 N–H and O–H groups in total. The van der Waals surface area contributed by atoms with Crippen LogP contribution in [0.25, 0.3) is 0 Å². The van der Waals surface area contributed by atoms with Crippen LogP contribution in [0.1, 0.15) is 29.3 Å². The fourth-order valence-corrected chi connectivity index (χ4v) is 2.86. The minimum atomic E-state index is -0.388. The molecule has 110 valence electrons. The van der Waals surface area contributed by atoms with Gasteiger partial charge < -0.3 is 16.2 Å². The number of benzene rings is 1. The maximum absolute atomic E-state index is 11.8. The number of anilines is 1. The molecule has 1 fully saturated rings. The van der Waals surface area contributed by atoms with Crippen LogP contribution in [-0.4, -0.2) is 36.6 Å². The lowest BCUT2D eigenvalue weighted by Gasteiger charge is -2.17. The fraction of sp³-hybridized carbons (Fsp3) is 0.500. The van der Waals surface area contributed by atoms with Crippen molar-refractivity contribution in [1.29, 1.82) is 0 Å². The lowest BCUT2D eigenvalue weighted by molar-refractivity contribution is 0.0527. The molecule has 0 bridgehead atoms. The second kappa shape index (κ2) is 6.56. The minimum Gasteiger partial charge on any atom is -0.462 e. The van der Waals surface area contributed by atoms with E-state index in [1.165, 1.54) is 0 Å². The molecule has 6 heteroatoms. The monoisotopic (exact) mass is 341 g/mol. The molecule has 0 spiro atoms. The normalized spacial score (nSPS) is 19.2. The van der Waals surface area contributed by atoms with Gasteiger partial charge in [0, 0.05) is 35.8 Å². The highest BCUT2D eigenvalue weighted by Gasteiger charge is 2.21. The van der Waals surface area contributed by atoms with Crippen LogP contribution >= 0.6 is 15.9 Å². The maximum Gasteiger partial charge on any atom is 0.340 e. The third-order valence-corrected chi connectivity index (χ3v) is 4.15. The number of ether oxygens (including phenoxy) is 1. The number of carbonyl (C=O) groups excluding carboxylic acids is 1. The summed E-state index contributed by atoms with van der Waals surface area (Å²) < 4.78 is 5.85. The van der Waals surface area contributed by atoms with Crippen molar-refractivity contribution in [3.63, 3.8) is 0 Å². The lowest BCUT2D eigenvalue weighted by Crippen LogP contribution is -2.26. The summed E-state index contributed by atoms with van der Waals surface area (Å²) in [6.07, 6.45) is 1.02. The van der Waals surface area contributed by atoms with Crippen LogP contribution in [0.4, 0.5) is 5.69 Å². The molecule has 2 rings (SSSR count). The Morgan fingerprint density at radius 2 is 2.30 bits per heavy atom. The highest BCUT2D eigenvalue weighted by atomic mass is 79.9. The van der Waals surface area contributed by atoms with Crippen molar-refractivity contribution in [1.82, 2.24) is 4.90 Å². The van der Waals surface area contributed by atoms with Gasteiger partial charge in [0.05, 0.1) is 12.2 Å². The predicted molar refractivity (Wildman–Crippen MR) is 82.4 cm³/mol. The zero-order valence-corrected chi connectivity index (χ0v) is 13.1. The van der Waals surface area contributed by atoms with Gasteiger partial charge in [0.1, 0.15) is 0 Å². The fourth-order valence-electron chi connectivity index (χ4n) is 2.39. The average molecular weight is 342 g/mol. The van der Waals surface area contributed by atoms with Crippen LogP contribution in [0, 0.1) is 0 Å². The molecule has 0 radical (unpaired) electrons. The summed E-state index contributed by atoms with van der Waals surface area (Å²) in [6, 6.07) is 3.82. The van der Waals surface area contributed by atoms with Crippen molar-refractivity contribution in [3.8, 4) is 0 Å². The molecule has 1 saturated heterocycles. The first-order chi connectivity index (χ1) is 9.51. The molecule has 1 aliphatic rings. The number of hydrogen-bond donors (Lipinski definition) is 2. The van der Waals surface area contributed by atoms with Crippen LogP contribution in [0.3, 0.4) is 0 Å². The van der Waals surface area contributed by atoms with Gasteiger partial charge in [0.2, 0.25) is 0 Å². The number of nitrogens with two attached hydrogens (primary N) is 2. The van der Waals surface area contributed by atoms with E-state index < -0.39 is 0 Å². The van der Waals surface area contributed by atoms with Crippen LogP contribution in [0.5, 0.6) is 0 Å². The molecule has 0 amide bonds. The Balaban J connectivity index is 2.15. The number of carbonyl (C=O) groups is 1. The number of rotatable bonds is 4. The molecule has 1 heterocycles. The molecule has 0 saturated carbocycles. The second-order valence-corrected chi connectivity index (χ2v) is 5.89. The Labute approximate surface area is 127 Å². The highest BCUT2D eigenvalue weighted by Crippen LogP contribution is 2.26. The van der Waals surface area contributed by atoms with Gasteiger partial charge in [0.15, 0.2) is 0 Å². The second-order valence-electron chi connectivity index (χ2n) is 5.04. The topological polar surface area (TPSA) is 81.6 Å². The number of nitrogen functional groups attached to an aromatic ring is 1. The van der Waals surface area contributed by atoms with Crippen molar-refractivity contribution in [2.75, 3.05) is 25.4 Å². The van der Waals surface area contributed by atoms with Crippen LogP contribution in [0.2, 0.25) is 0 Å². The van der Waals surface area contributed by atoms with E-state index in [1.54, 1.807) is 13.0 Å². The smallest absolute Gasteiger partial charge is 0.340 e. The lowest BCUT2D eigenvalue weighted by atomic mass is 10.1. The first-order valence-electron chi connectivity index (χ1n) is 6.74. The zero-order chi connectivity index (χ0) is 14.7. The molecule has 0 unspecified atom stereocenters. The summed E-state index contributed by atoms with van der Waals surface area (Å²) in [6.45, 7) is 4.78. The first kappa shape index (κ1) is 15.3. The largest absolute Gasteiger partial charge is 0.462 e. The average Bonchev–Trinajstić information content (AvgIpc) is 2.79. The van der Waals surface area contributed by atoms with Gasteiger partial charge in [0.25, 0.3) is 0 Å². The minimum absolute atomic E-state index is 0.255. The summed E-state index contributed by atoms with van der Waals surface area (Å²) in [7, 11) is 0. The van der Waals surface area contributed by atoms with Crippen molar-refractivity contribution < 1.29 is 9.53 Å². The predicted octanol–water partition coefficient (Wildman–Crippen LogP) is 1.74. The number of halogens is 1. The SMILES string of the molecule is CCOC(=O)c1cc(Br)c(CN2CC[C@@H](N)C2)cc1N. The van der Waals surface area contributed by atoms with Crippen LogP contribution < -0.4 is 11.5 Å². The Morgan fingerprint density at radius 3 is 2.90 bits per heavy atom. The van der Waals surface area contributed by atoms with Gasteiger partial charge in [-0.2, -0.15) is 0 Å². The van der Waals surface area contributed by atoms with E-state index in [0.717, 1.165) is 36.1 Å². The number of esters is 1. The van der Waals surface area contributed by atoms with E-state index in [-0.39, 0.29) is 12.0 Å². The maximum atomic E-state index is 11.8. The highest BCUT2D eigenvalue weighted by molar-refractivity contribution is 9.10. The van der Waals surface area contributed by atoms with Gasteiger partial charge in [-0.15, -0.1) is 0 Å². The summed E-state index contributed by atoms with van der Waals surface area (Å²) in [4.78, 5) is 14.1. The molecule has 1 aromatic rings. The summed E-state index contributed by atoms with van der Waals surface area (Å²) in [5, 5.41) is 0. The molecule has 1 atom stereocenters. The van der Waals surface area contributed by atoms with E-state index >= 15 is 0 Å². The molecular weight excluding hydrogens is 322 g/mol. The van der Waals surface area contributed by atoms with Crippen molar-refractivity contribution in [3.05, 3.63) is 27.7 Å². The van der Waals surface area contributed by atoms with E-state index in [9.17, 15) is 4.79 Å². The van der Waals surface area contributed by atoms with Gasteiger partial charge in [-0.1, -0.05) is 15.9 Å². The van der Waals surface area contributed by atoms with Crippen molar-refractivity contribution in [2.24, 2.45) is 5.73 Å². The molecule has 0 aliphatic carbocycles. The Bertz CT molecular complexity index is 507. The molecule has 20 heavy (non-hydrogen) atoms. The molecular formula is C14H20BrN3O2. The van der Waals surface area contributed by atoms with Gasteiger partial charge in [-0.05, 0) is 31.0 Å². The Kier molecular flexibility index (Phi) is 5.01. The molecule has 5 nitrogen and oxygen atoms in total. The molecule has 1 aromatic carbocycles. The van der Waals surface area contributed by atoms with Crippen molar-refractivity contribution in [2.45, 2.75) is 25.9 Å².